The summed E-state index contributed by atoms with van der Waals surface area (Å²) < 4.78 is 11.3. The highest BCUT2D eigenvalue weighted by Crippen LogP contribution is 2.52. The van der Waals surface area contributed by atoms with Crippen molar-refractivity contribution < 1.29 is 14.3 Å². The van der Waals surface area contributed by atoms with Gasteiger partial charge in [0.1, 0.15) is 0 Å². The molecule has 4 fully saturated rings. The summed E-state index contributed by atoms with van der Waals surface area (Å²) in [5.74, 6) is 2.07. The second-order valence-corrected chi connectivity index (χ2v) is 9.18. The molecule has 0 aromatic carbocycles. The third-order valence-electron chi connectivity index (χ3n) is 7.16. The van der Waals surface area contributed by atoms with E-state index in [2.05, 4.69) is 31.0 Å². The summed E-state index contributed by atoms with van der Waals surface area (Å²) in [6.07, 6.45) is 3.33. The van der Waals surface area contributed by atoms with Crippen LogP contribution in [-0.2, 0) is 14.3 Å². The number of aliphatic imine (C=N–C) groups is 1. The van der Waals surface area contributed by atoms with E-state index in [1.807, 2.05) is 4.90 Å². The maximum absolute atomic E-state index is 12.8. The Kier molecular flexibility index (Phi) is 5.83. The zero-order valence-corrected chi connectivity index (χ0v) is 17.7. The molecule has 158 valence electrons. The van der Waals surface area contributed by atoms with E-state index in [1.54, 1.807) is 0 Å². The lowest BCUT2D eigenvalue weighted by molar-refractivity contribution is -0.140. The minimum absolute atomic E-state index is 0.139. The Morgan fingerprint density at radius 3 is 2.46 bits per heavy atom. The summed E-state index contributed by atoms with van der Waals surface area (Å²) in [5.41, 5.74) is 0.139. The van der Waals surface area contributed by atoms with Crippen LogP contribution in [0.2, 0.25) is 0 Å². The molecule has 0 spiro atoms. The molecule has 4 aliphatic rings. The first-order chi connectivity index (χ1) is 13.5. The zero-order chi connectivity index (χ0) is 19.7. The number of morpholine rings is 1. The average molecular weight is 393 g/mol. The van der Waals surface area contributed by atoms with Crippen LogP contribution < -0.4 is 5.32 Å². The lowest BCUT2D eigenvalue weighted by Gasteiger charge is -2.55. The number of fused-ring (bicyclic) bond motifs is 1. The van der Waals surface area contributed by atoms with E-state index >= 15 is 0 Å². The van der Waals surface area contributed by atoms with Crippen molar-refractivity contribution >= 4 is 11.9 Å². The number of ether oxygens (including phenoxy) is 2. The number of nitrogens with one attached hydrogen (secondary N) is 1. The van der Waals surface area contributed by atoms with Crippen LogP contribution in [-0.4, -0.2) is 86.4 Å². The molecular weight excluding hydrogens is 356 g/mol. The highest BCUT2D eigenvalue weighted by molar-refractivity contribution is 5.82. The van der Waals surface area contributed by atoms with Gasteiger partial charge in [-0.2, -0.15) is 0 Å². The predicted octanol–water partition coefficient (Wildman–Crippen LogP) is 1.34. The third kappa shape index (κ3) is 3.63. The lowest BCUT2D eigenvalue weighted by atomic mass is 9.57. The molecule has 3 atom stereocenters. The van der Waals surface area contributed by atoms with Crippen LogP contribution in [0.15, 0.2) is 4.99 Å². The van der Waals surface area contributed by atoms with E-state index < -0.39 is 0 Å². The van der Waals surface area contributed by atoms with Crippen LogP contribution in [0.25, 0.3) is 0 Å². The molecule has 7 heteroatoms. The Balaban J connectivity index is 1.34. The summed E-state index contributed by atoms with van der Waals surface area (Å²) in [4.78, 5) is 21.9. The molecular formula is C21H36N4O3. The fraction of sp³-hybridized carbons (Fsp3) is 0.905. The molecule has 0 aromatic rings. The Morgan fingerprint density at radius 1 is 1.07 bits per heavy atom. The number of piperidine rings is 1. The maximum Gasteiger partial charge on any atom is 0.225 e. The van der Waals surface area contributed by atoms with Crippen LogP contribution in [0, 0.1) is 17.3 Å². The number of carbonyl (C=O) groups is 1. The standard InChI is InChI=1S/C21H36N4O3/c1-4-22-20(23-17-16-7-12-28-18(16)21(17,2)3)25-8-5-15(6-9-25)19(26)24-10-13-27-14-11-24/h15-18H,4-14H2,1-3H3,(H,22,23). The Bertz CT molecular complexity index is 594. The van der Waals surface area contributed by atoms with E-state index in [4.69, 9.17) is 14.5 Å². The van der Waals surface area contributed by atoms with Crippen molar-refractivity contribution in [1.82, 2.24) is 15.1 Å². The van der Waals surface area contributed by atoms with Gasteiger partial charge in [0.2, 0.25) is 5.91 Å². The summed E-state index contributed by atoms with van der Waals surface area (Å²) in [6, 6.07) is 0.415. The minimum Gasteiger partial charge on any atom is -0.378 e. The summed E-state index contributed by atoms with van der Waals surface area (Å²) in [7, 11) is 0. The molecule has 0 bridgehead atoms. The molecule has 28 heavy (non-hydrogen) atoms. The van der Waals surface area contributed by atoms with E-state index in [0.29, 0.717) is 37.2 Å². The summed E-state index contributed by atoms with van der Waals surface area (Å²) in [5, 5.41) is 3.78. The van der Waals surface area contributed by atoms with Crippen LogP contribution in [0.1, 0.15) is 40.0 Å². The van der Waals surface area contributed by atoms with Gasteiger partial charge in [-0.25, -0.2) is 0 Å². The molecule has 3 saturated heterocycles. The molecule has 1 aliphatic carbocycles. The van der Waals surface area contributed by atoms with Gasteiger partial charge in [-0.3, -0.25) is 9.79 Å². The van der Waals surface area contributed by atoms with Gasteiger partial charge in [-0.1, -0.05) is 13.8 Å². The molecule has 4 rings (SSSR count). The molecule has 3 aliphatic heterocycles. The number of carbonyl (C=O) groups excluding carboxylic acids is 1. The fourth-order valence-electron chi connectivity index (χ4n) is 5.52. The van der Waals surface area contributed by atoms with Crippen molar-refractivity contribution in [3.05, 3.63) is 0 Å². The van der Waals surface area contributed by atoms with E-state index in [9.17, 15) is 4.79 Å². The molecule has 3 heterocycles. The molecule has 1 N–H and O–H groups in total. The third-order valence-corrected chi connectivity index (χ3v) is 7.16. The zero-order valence-electron chi connectivity index (χ0n) is 17.7. The molecule has 7 nitrogen and oxygen atoms in total. The normalized spacial score (nSPS) is 33.4. The first-order valence-electron chi connectivity index (χ1n) is 11.1. The van der Waals surface area contributed by atoms with Gasteiger partial charge in [0.25, 0.3) is 0 Å². The number of guanidine groups is 1. The Hall–Kier alpha value is -1.34. The molecule has 3 unspecified atom stereocenters. The van der Waals surface area contributed by atoms with Crippen molar-refractivity contribution in [2.45, 2.75) is 52.2 Å². The van der Waals surface area contributed by atoms with Gasteiger partial charge < -0.3 is 24.6 Å². The Morgan fingerprint density at radius 2 is 1.79 bits per heavy atom. The summed E-state index contributed by atoms with van der Waals surface area (Å²) >= 11 is 0. The van der Waals surface area contributed by atoms with Gasteiger partial charge in [0, 0.05) is 62.6 Å². The summed E-state index contributed by atoms with van der Waals surface area (Å²) in [6.45, 7) is 12.9. The minimum atomic E-state index is 0.139. The number of rotatable bonds is 3. The topological polar surface area (TPSA) is 66.4 Å². The molecule has 1 saturated carbocycles. The number of hydrogen-bond donors (Lipinski definition) is 1. The predicted molar refractivity (Wildman–Crippen MR) is 108 cm³/mol. The maximum atomic E-state index is 12.8. The van der Waals surface area contributed by atoms with Crippen molar-refractivity contribution in [3.63, 3.8) is 0 Å². The second-order valence-electron chi connectivity index (χ2n) is 9.18. The SMILES string of the molecule is CCN=C(NC1C2CCOC2C1(C)C)N1CCC(C(=O)N2CCOCC2)CC1. The monoisotopic (exact) mass is 392 g/mol. The van der Waals surface area contributed by atoms with E-state index in [-0.39, 0.29) is 11.3 Å². The molecule has 0 aromatic heterocycles. The highest BCUT2D eigenvalue weighted by Gasteiger charge is 2.59. The van der Waals surface area contributed by atoms with Crippen molar-refractivity contribution in [1.29, 1.82) is 0 Å². The Labute approximate surface area is 168 Å². The van der Waals surface area contributed by atoms with Crippen LogP contribution >= 0.6 is 0 Å². The number of hydrogen-bond acceptors (Lipinski definition) is 4. The van der Waals surface area contributed by atoms with Gasteiger partial charge in [-0.15, -0.1) is 0 Å². The lowest BCUT2D eigenvalue weighted by Crippen LogP contribution is -2.68. The fourth-order valence-corrected chi connectivity index (χ4v) is 5.52. The molecule has 1 amide bonds. The molecule has 0 radical (unpaired) electrons. The van der Waals surface area contributed by atoms with Gasteiger partial charge in [0.05, 0.1) is 19.3 Å². The van der Waals surface area contributed by atoms with E-state index in [0.717, 1.165) is 64.6 Å². The van der Waals surface area contributed by atoms with Crippen LogP contribution in [0.5, 0.6) is 0 Å². The van der Waals surface area contributed by atoms with Crippen LogP contribution in [0.4, 0.5) is 0 Å². The largest absolute Gasteiger partial charge is 0.378 e. The van der Waals surface area contributed by atoms with E-state index in [1.165, 1.54) is 0 Å². The second kappa shape index (κ2) is 8.19. The quantitative estimate of drug-likeness (QED) is 0.580. The first kappa shape index (κ1) is 20.0. The van der Waals surface area contributed by atoms with Gasteiger partial charge in [0.15, 0.2) is 5.96 Å². The first-order valence-corrected chi connectivity index (χ1v) is 11.1. The number of nitrogens with zero attached hydrogens (tertiary/aromatic N) is 3. The van der Waals surface area contributed by atoms with Crippen molar-refractivity contribution in [3.8, 4) is 0 Å². The smallest absolute Gasteiger partial charge is 0.225 e. The number of amides is 1. The van der Waals surface area contributed by atoms with Crippen molar-refractivity contribution in [2.75, 3.05) is 52.5 Å². The van der Waals surface area contributed by atoms with Crippen LogP contribution in [0.3, 0.4) is 0 Å². The van der Waals surface area contributed by atoms with Gasteiger partial charge in [-0.05, 0) is 26.2 Å². The van der Waals surface area contributed by atoms with Gasteiger partial charge >= 0.3 is 0 Å². The number of likely N-dealkylation sites (tertiary alicyclic amines) is 1. The average Bonchev–Trinajstić information content (AvgIpc) is 3.18. The highest BCUT2D eigenvalue weighted by atomic mass is 16.5. The van der Waals surface area contributed by atoms with Crippen molar-refractivity contribution in [2.24, 2.45) is 22.2 Å².